The topological polar surface area (TPSA) is 51.2 Å². The number of ether oxygens (including phenoxy) is 3. The summed E-state index contributed by atoms with van der Waals surface area (Å²) in [6, 6.07) is 15.6. The van der Waals surface area contributed by atoms with Crippen LogP contribution in [0.5, 0.6) is 17.2 Å². The van der Waals surface area contributed by atoms with Gasteiger partial charge in [0, 0.05) is 44.7 Å². The van der Waals surface area contributed by atoms with E-state index in [1.807, 2.05) is 53.4 Å². The minimum atomic E-state index is 0.209. The van der Waals surface area contributed by atoms with Crippen LogP contribution in [0.15, 0.2) is 48.5 Å². The van der Waals surface area contributed by atoms with Crippen molar-refractivity contribution in [2.45, 2.75) is 19.4 Å². The molecule has 0 unspecified atom stereocenters. The van der Waals surface area contributed by atoms with Crippen molar-refractivity contribution >= 4 is 5.91 Å². The van der Waals surface area contributed by atoms with Gasteiger partial charge in [-0.3, -0.25) is 9.69 Å². The molecule has 6 nitrogen and oxygen atoms in total. The summed E-state index contributed by atoms with van der Waals surface area (Å²) in [7, 11) is 3.35. The number of hydrogen-bond acceptors (Lipinski definition) is 5. The number of rotatable bonds is 9. The third-order valence-electron chi connectivity index (χ3n) is 5.15. The predicted octanol–water partition coefficient (Wildman–Crippen LogP) is 3.21. The van der Waals surface area contributed by atoms with Crippen LogP contribution in [0.25, 0.3) is 0 Å². The predicted molar refractivity (Wildman–Crippen MR) is 113 cm³/mol. The summed E-state index contributed by atoms with van der Waals surface area (Å²) in [6.07, 6.45) is 1.26. The Morgan fingerprint density at radius 3 is 2.38 bits per heavy atom. The van der Waals surface area contributed by atoms with Crippen molar-refractivity contribution in [3.63, 3.8) is 0 Å². The number of benzene rings is 2. The first-order chi connectivity index (χ1) is 14.2. The van der Waals surface area contributed by atoms with Gasteiger partial charge in [0.25, 0.3) is 0 Å². The van der Waals surface area contributed by atoms with Crippen LogP contribution in [-0.2, 0) is 11.3 Å². The molecule has 156 valence electrons. The number of methoxy groups -OCH3 is 2. The van der Waals surface area contributed by atoms with Gasteiger partial charge in [0.2, 0.25) is 5.91 Å². The molecule has 0 bridgehead atoms. The Balaban J connectivity index is 1.40. The van der Waals surface area contributed by atoms with Crippen molar-refractivity contribution in [3.8, 4) is 17.2 Å². The highest BCUT2D eigenvalue weighted by Crippen LogP contribution is 2.25. The van der Waals surface area contributed by atoms with Gasteiger partial charge >= 0.3 is 0 Å². The first-order valence-corrected chi connectivity index (χ1v) is 10.1. The molecule has 1 amide bonds. The van der Waals surface area contributed by atoms with Crippen molar-refractivity contribution < 1.29 is 19.0 Å². The minimum Gasteiger partial charge on any atom is -0.497 e. The lowest BCUT2D eigenvalue weighted by Gasteiger charge is -2.35. The lowest BCUT2D eigenvalue weighted by atomic mass is 10.1. The van der Waals surface area contributed by atoms with Gasteiger partial charge in [-0.15, -0.1) is 0 Å². The van der Waals surface area contributed by atoms with Gasteiger partial charge in [-0.25, -0.2) is 0 Å². The summed E-state index contributed by atoms with van der Waals surface area (Å²) in [6.45, 7) is 4.56. The van der Waals surface area contributed by atoms with Crippen molar-refractivity contribution in [2.75, 3.05) is 47.0 Å². The first-order valence-electron chi connectivity index (χ1n) is 10.1. The summed E-state index contributed by atoms with van der Waals surface area (Å²) >= 11 is 0. The Hall–Kier alpha value is -2.73. The molecule has 6 heteroatoms. The van der Waals surface area contributed by atoms with E-state index in [0.717, 1.165) is 62.0 Å². The average Bonchev–Trinajstić information content (AvgIpc) is 2.77. The molecule has 1 aliphatic heterocycles. The molecule has 2 aromatic carbocycles. The van der Waals surface area contributed by atoms with Crippen LogP contribution in [0.4, 0.5) is 0 Å². The Morgan fingerprint density at radius 2 is 1.69 bits per heavy atom. The summed E-state index contributed by atoms with van der Waals surface area (Å²) in [5.74, 6) is 2.75. The van der Waals surface area contributed by atoms with Gasteiger partial charge in [0.05, 0.1) is 20.8 Å². The second-order valence-electron chi connectivity index (χ2n) is 7.10. The lowest BCUT2D eigenvalue weighted by molar-refractivity contribution is -0.133. The van der Waals surface area contributed by atoms with Gasteiger partial charge < -0.3 is 19.1 Å². The summed E-state index contributed by atoms with van der Waals surface area (Å²) in [5, 5.41) is 0. The molecule has 1 fully saturated rings. The largest absolute Gasteiger partial charge is 0.497 e. The molecular weight excluding hydrogens is 368 g/mol. The van der Waals surface area contributed by atoms with E-state index < -0.39 is 0 Å². The van der Waals surface area contributed by atoms with E-state index in [2.05, 4.69) is 4.90 Å². The highest BCUT2D eigenvalue weighted by Gasteiger charge is 2.21. The van der Waals surface area contributed by atoms with E-state index in [1.54, 1.807) is 14.2 Å². The molecule has 0 aromatic heterocycles. The quantitative estimate of drug-likeness (QED) is 0.607. The number of carbonyl (C=O) groups excluding carboxylic acids is 1. The number of amides is 1. The number of nitrogens with zero attached hydrogens (tertiary/aromatic N) is 2. The molecule has 0 atom stereocenters. The van der Waals surface area contributed by atoms with E-state index in [-0.39, 0.29) is 5.91 Å². The van der Waals surface area contributed by atoms with Crippen LogP contribution in [0.1, 0.15) is 18.4 Å². The Labute approximate surface area is 173 Å². The standard InChI is InChI=1S/C23H30N2O4/c1-27-21-10-11-22(28-2)19(17-21)18-24-12-14-25(15-13-24)23(26)9-6-16-29-20-7-4-3-5-8-20/h3-5,7-8,10-11,17H,6,9,12-16,18H2,1-2H3. The maximum atomic E-state index is 12.5. The van der Waals surface area contributed by atoms with E-state index in [4.69, 9.17) is 14.2 Å². The van der Waals surface area contributed by atoms with Crippen molar-refractivity contribution in [1.29, 1.82) is 0 Å². The summed E-state index contributed by atoms with van der Waals surface area (Å²) in [4.78, 5) is 16.8. The van der Waals surface area contributed by atoms with Crippen LogP contribution >= 0.6 is 0 Å². The molecule has 0 N–H and O–H groups in total. The SMILES string of the molecule is COc1ccc(OC)c(CN2CCN(C(=O)CCCOc3ccccc3)CC2)c1. The fraction of sp³-hybridized carbons (Fsp3) is 0.435. The number of hydrogen-bond donors (Lipinski definition) is 0. The second kappa shape index (κ2) is 10.7. The third kappa shape index (κ3) is 6.12. The fourth-order valence-electron chi connectivity index (χ4n) is 3.49. The van der Waals surface area contributed by atoms with Gasteiger partial charge in [-0.1, -0.05) is 18.2 Å². The van der Waals surface area contributed by atoms with E-state index >= 15 is 0 Å². The fourth-order valence-corrected chi connectivity index (χ4v) is 3.49. The molecule has 0 aliphatic carbocycles. The number of carbonyl (C=O) groups is 1. The first kappa shape index (κ1) is 21.0. The highest BCUT2D eigenvalue weighted by molar-refractivity contribution is 5.76. The van der Waals surface area contributed by atoms with E-state index in [0.29, 0.717) is 13.0 Å². The minimum absolute atomic E-state index is 0.209. The van der Waals surface area contributed by atoms with Crippen molar-refractivity contribution in [1.82, 2.24) is 9.80 Å². The maximum absolute atomic E-state index is 12.5. The van der Waals surface area contributed by atoms with Crippen LogP contribution in [0.3, 0.4) is 0 Å². The van der Waals surface area contributed by atoms with Crippen LogP contribution in [-0.4, -0.2) is 62.7 Å². The molecule has 29 heavy (non-hydrogen) atoms. The Bertz CT molecular complexity index is 774. The zero-order chi connectivity index (χ0) is 20.5. The van der Waals surface area contributed by atoms with Crippen LogP contribution in [0.2, 0.25) is 0 Å². The molecule has 1 saturated heterocycles. The zero-order valence-electron chi connectivity index (χ0n) is 17.3. The van der Waals surface area contributed by atoms with Gasteiger partial charge in [0.15, 0.2) is 0 Å². The molecule has 0 saturated carbocycles. The normalized spacial score (nSPS) is 14.5. The Kier molecular flexibility index (Phi) is 7.76. The van der Waals surface area contributed by atoms with E-state index in [9.17, 15) is 4.79 Å². The van der Waals surface area contributed by atoms with Gasteiger partial charge in [-0.05, 0) is 36.8 Å². The summed E-state index contributed by atoms with van der Waals surface area (Å²) < 4.78 is 16.5. The number of piperazine rings is 1. The third-order valence-corrected chi connectivity index (χ3v) is 5.15. The van der Waals surface area contributed by atoms with Crippen molar-refractivity contribution in [3.05, 3.63) is 54.1 Å². The van der Waals surface area contributed by atoms with Crippen LogP contribution < -0.4 is 14.2 Å². The zero-order valence-corrected chi connectivity index (χ0v) is 17.3. The maximum Gasteiger partial charge on any atom is 0.222 e. The molecule has 3 rings (SSSR count). The monoisotopic (exact) mass is 398 g/mol. The number of para-hydroxylation sites is 1. The highest BCUT2D eigenvalue weighted by atomic mass is 16.5. The van der Waals surface area contributed by atoms with Crippen molar-refractivity contribution in [2.24, 2.45) is 0 Å². The van der Waals surface area contributed by atoms with Crippen LogP contribution in [0, 0.1) is 0 Å². The lowest BCUT2D eigenvalue weighted by Crippen LogP contribution is -2.48. The second-order valence-corrected chi connectivity index (χ2v) is 7.10. The molecular formula is C23H30N2O4. The molecule has 1 heterocycles. The van der Waals surface area contributed by atoms with Gasteiger partial charge in [-0.2, -0.15) is 0 Å². The Morgan fingerprint density at radius 1 is 0.931 bits per heavy atom. The molecule has 0 radical (unpaired) electrons. The van der Waals surface area contributed by atoms with Gasteiger partial charge in [0.1, 0.15) is 17.2 Å². The molecule has 1 aliphatic rings. The summed E-state index contributed by atoms with van der Waals surface area (Å²) in [5.41, 5.74) is 1.10. The molecule has 2 aromatic rings. The average molecular weight is 399 g/mol. The smallest absolute Gasteiger partial charge is 0.222 e. The van der Waals surface area contributed by atoms with E-state index in [1.165, 1.54) is 0 Å². The molecule has 0 spiro atoms.